The first-order chi connectivity index (χ1) is 16.6. The van der Waals surface area contributed by atoms with Gasteiger partial charge >= 0.3 is 5.97 Å². The van der Waals surface area contributed by atoms with Crippen LogP contribution in [0.25, 0.3) is 5.76 Å². The van der Waals surface area contributed by atoms with Gasteiger partial charge in [0.25, 0.3) is 11.7 Å². The predicted molar refractivity (Wildman–Crippen MR) is 129 cm³/mol. The maximum absolute atomic E-state index is 13.3. The van der Waals surface area contributed by atoms with E-state index in [2.05, 4.69) is 4.98 Å². The summed E-state index contributed by atoms with van der Waals surface area (Å²) in [6.07, 6.45) is 0. The number of rotatable bonds is 8. The molecule has 1 saturated heterocycles. The van der Waals surface area contributed by atoms with E-state index in [1.807, 2.05) is 19.0 Å². The SMILES string of the molecule is COC(=O)c1[nH]c(C)c(C(O)=C2C(=O)C(=O)N(CCN(C)C)[C@H]2c2cc(OC)ccc2OC)c1C. The Labute approximate surface area is 204 Å². The molecule has 35 heavy (non-hydrogen) atoms. The van der Waals surface area contributed by atoms with Crippen LogP contribution in [0.4, 0.5) is 0 Å². The lowest BCUT2D eigenvalue weighted by atomic mass is 9.93. The summed E-state index contributed by atoms with van der Waals surface area (Å²) in [5, 5.41) is 11.5. The third-order valence-corrected chi connectivity index (χ3v) is 6.12. The van der Waals surface area contributed by atoms with Crippen LogP contribution < -0.4 is 9.47 Å². The number of nitrogens with zero attached hydrogens (tertiary/aromatic N) is 2. The van der Waals surface area contributed by atoms with E-state index < -0.39 is 23.7 Å². The minimum Gasteiger partial charge on any atom is -0.507 e. The van der Waals surface area contributed by atoms with Crippen LogP contribution in [-0.4, -0.2) is 86.1 Å². The molecule has 10 heteroatoms. The number of benzene rings is 1. The van der Waals surface area contributed by atoms with Crippen molar-refractivity contribution in [3.05, 3.63) is 51.9 Å². The zero-order chi connectivity index (χ0) is 26.0. The van der Waals surface area contributed by atoms with Crippen molar-refractivity contribution in [2.45, 2.75) is 19.9 Å². The summed E-state index contributed by atoms with van der Waals surface area (Å²) >= 11 is 0. The molecule has 0 spiro atoms. The average molecular weight is 486 g/mol. The summed E-state index contributed by atoms with van der Waals surface area (Å²) < 4.78 is 15.7. The number of aliphatic hydroxyl groups is 1. The average Bonchev–Trinajstić information content (AvgIpc) is 3.28. The fourth-order valence-electron chi connectivity index (χ4n) is 4.34. The topological polar surface area (TPSA) is 121 Å². The van der Waals surface area contributed by atoms with Crippen molar-refractivity contribution in [2.24, 2.45) is 0 Å². The van der Waals surface area contributed by atoms with E-state index in [9.17, 15) is 19.5 Å². The number of aromatic nitrogens is 1. The third-order valence-electron chi connectivity index (χ3n) is 6.12. The van der Waals surface area contributed by atoms with Gasteiger partial charge in [0.05, 0.1) is 32.9 Å². The molecule has 1 aliphatic heterocycles. The van der Waals surface area contributed by atoms with Gasteiger partial charge in [0.1, 0.15) is 23.0 Å². The van der Waals surface area contributed by atoms with Crippen molar-refractivity contribution in [1.29, 1.82) is 0 Å². The molecule has 1 atom stereocenters. The monoisotopic (exact) mass is 485 g/mol. The van der Waals surface area contributed by atoms with Gasteiger partial charge in [0.2, 0.25) is 0 Å². The Morgan fingerprint density at radius 3 is 2.40 bits per heavy atom. The van der Waals surface area contributed by atoms with E-state index in [-0.39, 0.29) is 29.1 Å². The number of likely N-dealkylation sites (N-methyl/N-ethyl adjacent to an activating group) is 1. The normalized spacial score (nSPS) is 17.3. The van der Waals surface area contributed by atoms with Gasteiger partial charge in [-0.2, -0.15) is 0 Å². The van der Waals surface area contributed by atoms with E-state index in [1.165, 1.54) is 26.2 Å². The molecule has 1 amide bonds. The number of likely N-dealkylation sites (tertiary alicyclic amines) is 1. The van der Waals surface area contributed by atoms with Crippen LogP contribution in [0.3, 0.4) is 0 Å². The number of methoxy groups -OCH3 is 3. The summed E-state index contributed by atoms with van der Waals surface area (Å²) in [5.41, 5.74) is 1.68. The van der Waals surface area contributed by atoms with Crippen LogP contribution in [0.5, 0.6) is 11.5 Å². The second-order valence-electron chi connectivity index (χ2n) is 8.52. The number of amides is 1. The highest BCUT2D eigenvalue weighted by Crippen LogP contribution is 2.44. The number of aliphatic hydroxyl groups excluding tert-OH is 1. The zero-order valence-electron chi connectivity index (χ0n) is 21.0. The molecule has 2 heterocycles. The molecule has 0 unspecified atom stereocenters. The lowest BCUT2D eigenvalue weighted by Gasteiger charge is -2.28. The summed E-state index contributed by atoms with van der Waals surface area (Å²) in [6, 6.07) is 4.14. The van der Waals surface area contributed by atoms with Crippen LogP contribution in [0.2, 0.25) is 0 Å². The zero-order valence-corrected chi connectivity index (χ0v) is 21.0. The highest BCUT2D eigenvalue weighted by Gasteiger charge is 2.47. The number of esters is 1. The molecule has 3 rings (SSSR count). The molecule has 188 valence electrons. The van der Waals surface area contributed by atoms with E-state index >= 15 is 0 Å². The Kier molecular flexibility index (Phi) is 7.54. The van der Waals surface area contributed by atoms with Gasteiger partial charge in [-0.1, -0.05) is 0 Å². The van der Waals surface area contributed by atoms with Crippen LogP contribution in [0.1, 0.15) is 38.9 Å². The maximum Gasteiger partial charge on any atom is 0.354 e. The Balaban J connectivity index is 2.31. The molecule has 0 radical (unpaired) electrons. The smallest absolute Gasteiger partial charge is 0.354 e. The minimum absolute atomic E-state index is 0.0954. The number of hydrogen-bond donors (Lipinski definition) is 2. The van der Waals surface area contributed by atoms with E-state index in [0.29, 0.717) is 34.9 Å². The van der Waals surface area contributed by atoms with Crippen molar-refractivity contribution in [1.82, 2.24) is 14.8 Å². The van der Waals surface area contributed by atoms with E-state index in [4.69, 9.17) is 14.2 Å². The number of ketones is 1. The lowest BCUT2D eigenvalue weighted by molar-refractivity contribution is -0.140. The molecule has 0 bridgehead atoms. The summed E-state index contributed by atoms with van der Waals surface area (Å²) in [7, 11) is 7.97. The molecule has 0 saturated carbocycles. The van der Waals surface area contributed by atoms with Gasteiger partial charge in [-0.3, -0.25) is 9.59 Å². The summed E-state index contributed by atoms with van der Waals surface area (Å²) in [4.78, 5) is 44.9. The van der Waals surface area contributed by atoms with Crippen LogP contribution in [0, 0.1) is 13.8 Å². The Morgan fingerprint density at radius 2 is 1.83 bits per heavy atom. The number of hydrogen-bond acceptors (Lipinski definition) is 8. The molecular weight excluding hydrogens is 454 g/mol. The molecule has 10 nitrogen and oxygen atoms in total. The number of ether oxygens (including phenoxy) is 3. The van der Waals surface area contributed by atoms with Crippen molar-refractivity contribution in [3.8, 4) is 11.5 Å². The molecule has 2 aromatic rings. The number of aryl methyl sites for hydroxylation is 1. The van der Waals surface area contributed by atoms with E-state index in [0.717, 1.165) is 0 Å². The predicted octanol–water partition coefficient (Wildman–Crippen LogP) is 2.42. The van der Waals surface area contributed by atoms with Gasteiger partial charge in [0, 0.05) is 29.9 Å². The van der Waals surface area contributed by atoms with Crippen molar-refractivity contribution in [3.63, 3.8) is 0 Å². The largest absolute Gasteiger partial charge is 0.507 e. The molecule has 1 aromatic carbocycles. The molecule has 1 aliphatic rings. The van der Waals surface area contributed by atoms with E-state index in [1.54, 1.807) is 32.0 Å². The highest BCUT2D eigenvalue weighted by molar-refractivity contribution is 6.46. The number of carbonyl (C=O) groups is 3. The van der Waals surface area contributed by atoms with Gasteiger partial charge in [0.15, 0.2) is 0 Å². The second-order valence-corrected chi connectivity index (χ2v) is 8.52. The number of aromatic amines is 1. The number of Topliss-reactive ketones (excluding diaryl/α,β-unsaturated/α-hetero) is 1. The summed E-state index contributed by atoms with van der Waals surface area (Å²) in [5.74, 6) is -1.62. The third kappa shape index (κ3) is 4.61. The number of H-pyrrole nitrogens is 1. The molecule has 1 aromatic heterocycles. The Morgan fingerprint density at radius 1 is 1.14 bits per heavy atom. The number of nitrogens with one attached hydrogen (secondary N) is 1. The number of carbonyl (C=O) groups excluding carboxylic acids is 3. The van der Waals surface area contributed by atoms with Crippen molar-refractivity contribution in [2.75, 3.05) is 48.5 Å². The standard InChI is InChI=1S/C25H31N3O7/c1-13-18(14(2)26-20(13)25(32)35-7)22(29)19-21(16-12-15(33-5)8-9-17(16)34-6)28(11-10-27(3)4)24(31)23(19)30/h8-9,12,21,26,29H,10-11H2,1-7H3/t21-/m0/s1. The van der Waals surface area contributed by atoms with Gasteiger partial charge < -0.3 is 34.1 Å². The second kappa shape index (κ2) is 10.2. The van der Waals surface area contributed by atoms with Gasteiger partial charge in [-0.15, -0.1) is 0 Å². The van der Waals surface area contributed by atoms with Crippen molar-refractivity contribution < 1.29 is 33.7 Å². The fourth-order valence-corrected chi connectivity index (χ4v) is 4.34. The first kappa shape index (κ1) is 25.8. The Bertz CT molecular complexity index is 1200. The molecule has 2 N–H and O–H groups in total. The summed E-state index contributed by atoms with van der Waals surface area (Å²) in [6.45, 7) is 4.02. The molecular formula is C25H31N3O7. The van der Waals surface area contributed by atoms with Gasteiger partial charge in [-0.05, 0) is 51.7 Å². The van der Waals surface area contributed by atoms with Gasteiger partial charge in [-0.25, -0.2) is 4.79 Å². The minimum atomic E-state index is -0.935. The quantitative estimate of drug-likeness (QED) is 0.253. The van der Waals surface area contributed by atoms with Crippen molar-refractivity contribution >= 4 is 23.4 Å². The molecule has 0 aliphatic carbocycles. The van der Waals surface area contributed by atoms with Crippen LogP contribution >= 0.6 is 0 Å². The van der Waals surface area contributed by atoms with Crippen LogP contribution in [-0.2, 0) is 14.3 Å². The Hall–Kier alpha value is -3.79. The fraction of sp³-hybridized carbons (Fsp3) is 0.400. The first-order valence-electron chi connectivity index (χ1n) is 11.0. The lowest BCUT2D eigenvalue weighted by Crippen LogP contribution is -2.35. The highest BCUT2D eigenvalue weighted by atomic mass is 16.5. The van der Waals surface area contributed by atoms with Crippen LogP contribution in [0.15, 0.2) is 23.8 Å². The maximum atomic E-state index is 13.3. The first-order valence-corrected chi connectivity index (χ1v) is 11.0. The molecule has 1 fully saturated rings.